The lowest BCUT2D eigenvalue weighted by Gasteiger charge is -2.02. The number of rotatable bonds is 2. The third-order valence-electron chi connectivity index (χ3n) is 1.29. The number of hydrogen-bond donors (Lipinski definition) is 0. The molecule has 0 spiro atoms. The summed E-state index contributed by atoms with van der Waals surface area (Å²) in [5.41, 5.74) is 0.917. The molecule has 0 saturated carbocycles. The number of hydrogen-bond acceptors (Lipinski definition) is 3. The maximum absolute atomic E-state index is 10.5. The summed E-state index contributed by atoms with van der Waals surface area (Å²) >= 11 is 3.29. The highest BCUT2D eigenvalue weighted by molar-refractivity contribution is 9.10. The molecule has 0 aliphatic carbocycles. The Morgan fingerprint density at radius 2 is 2.50 bits per heavy atom. The second kappa shape index (κ2) is 4.21. The van der Waals surface area contributed by atoms with Crippen LogP contribution in [0.3, 0.4) is 0 Å². The molecular weight excluding hydrogens is 222 g/mol. The van der Waals surface area contributed by atoms with Crippen LogP contribution in [0.2, 0.25) is 0 Å². The van der Waals surface area contributed by atoms with Gasteiger partial charge in [0.1, 0.15) is 6.61 Å². The summed E-state index contributed by atoms with van der Waals surface area (Å²) in [7, 11) is 0. The Bertz CT molecular complexity index is 288. The number of carbonyl (C=O) groups excluding carboxylic acids is 1. The third-order valence-corrected chi connectivity index (χ3v) is 2.00. The van der Waals surface area contributed by atoms with Gasteiger partial charge in [-0.05, 0) is 22.0 Å². The zero-order chi connectivity index (χ0) is 8.97. The second-order valence-electron chi connectivity index (χ2n) is 2.25. The van der Waals surface area contributed by atoms with E-state index >= 15 is 0 Å². The molecule has 0 saturated heterocycles. The van der Waals surface area contributed by atoms with Gasteiger partial charge >= 0.3 is 5.97 Å². The van der Waals surface area contributed by atoms with Crippen LogP contribution in [0.15, 0.2) is 22.9 Å². The number of carbonyl (C=O) groups is 1. The molecule has 0 aliphatic heterocycles. The van der Waals surface area contributed by atoms with Crippen LogP contribution >= 0.6 is 15.9 Å². The van der Waals surface area contributed by atoms with Gasteiger partial charge in [-0.1, -0.05) is 0 Å². The van der Waals surface area contributed by atoms with E-state index < -0.39 is 0 Å². The summed E-state index contributed by atoms with van der Waals surface area (Å²) in [4.78, 5) is 14.4. The van der Waals surface area contributed by atoms with E-state index in [0.717, 1.165) is 10.0 Å². The van der Waals surface area contributed by atoms with Gasteiger partial charge in [0.2, 0.25) is 0 Å². The normalized spacial score (nSPS) is 9.50. The van der Waals surface area contributed by atoms with Gasteiger partial charge in [0.15, 0.2) is 0 Å². The molecule has 4 heteroatoms. The molecule has 0 amide bonds. The highest BCUT2D eigenvalue weighted by Gasteiger charge is 2.00. The van der Waals surface area contributed by atoms with Gasteiger partial charge in [0, 0.05) is 29.4 Å². The van der Waals surface area contributed by atoms with Gasteiger partial charge in [-0.25, -0.2) is 0 Å². The summed E-state index contributed by atoms with van der Waals surface area (Å²) in [6, 6.07) is 1.80. The number of aromatic nitrogens is 1. The third kappa shape index (κ3) is 2.62. The van der Waals surface area contributed by atoms with E-state index in [-0.39, 0.29) is 5.97 Å². The minimum Gasteiger partial charge on any atom is -0.461 e. The molecule has 0 aliphatic rings. The van der Waals surface area contributed by atoms with Crippen LogP contribution < -0.4 is 0 Å². The van der Waals surface area contributed by atoms with E-state index in [9.17, 15) is 4.79 Å². The predicted octanol–water partition coefficient (Wildman–Crippen LogP) is 1.91. The number of pyridine rings is 1. The lowest BCUT2D eigenvalue weighted by atomic mass is 10.3. The summed E-state index contributed by atoms with van der Waals surface area (Å²) in [6.07, 6.45) is 3.32. The van der Waals surface area contributed by atoms with Crippen molar-refractivity contribution in [3.63, 3.8) is 0 Å². The molecule has 0 N–H and O–H groups in total. The Balaban J connectivity index is 2.63. The maximum Gasteiger partial charge on any atom is 0.302 e. The number of esters is 1. The van der Waals surface area contributed by atoms with Crippen LogP contribution in [0, 0.1) is 0 Å². The summed E-state index contributed by atoms with van der Waals surface area (Å²) in [5, 5.41) is 0. The monoisotopic (exact) mass is 229 g/mol. The van der Waals surface area contributed by atoms with Crippen molar-refractivity contribution in [2.45, 2.75) is 13.5 Å². The Labute approximate surface area is 78.9 Å². The van der Waals surface area contributed by atoms with Crippen molar-refractivity contribution in [3.05, 3.63) is 28.5 Å². The molecule has 1 heterocycles. The van der Waals surface area contributed by atoms with Crippen LogP contribution in [0.1, 0.15) is 12.5 Å². The van der Waals surface area contributed by atoms with Gasteiger partial charge < -0.3 is 4.74 Å². The van der Waals surface area contributed by atoms with Crippen LogP contribution in [0.4, 0.5) is 0 Å². The Morgan fingerprint density at radius 1 is 1.75 bits per heavy atom. The quantitative estimate of drug-likeness (QED) is 0.728. The first-order chi connectivity index (χ1) is 5.70. The van der Waals surface area contributed by atoms with E-state index in [0.29, 0.717) is 6.61 Å². The highest BCUT2D eigenvalue weighted by Crippen LogP contribution is 2.14. The molecule has 1 aromatic heterocycles. The van der Waals surface area contributed by atoms with E-state index in [1.807, 2.05) is 0 Å². The molecule has 3 nitrogen and oxygen atoms in total. The van der Waals surface area contributed by atoms with Crippen molar-refractivity contribution < 1.29 is 9.53 Å². The topological polar surface area (TPSA) is 39.2 Å². The fraction of sp³-hybridized carbons (Fsp3) is 0.250. The molecule has 64 valence electrons. The summed E-state index contributed by atoms with van der Waals surface area (Å²) in [6.45, 7) is 1.67. The first-order valence-corrected chi connectivity index (χ1v) is 4.21. The van der Waals surface area contributed by atoms with Gasteiger partial charge in [0.25, 0.3) is 0 Å². The fourth-order valence-corrected chi connectivity index (χ4v) is 1.07. The second-order valence-corrected chi connectivity index (χ2v) is 3.10. The van der Waals surface area contributed by atoms with Crippen molar-refractivity contribution in [3.8, 4) is 0 Å². The predicted molar refractivity (Wildman–Crippen MR) is 47.4 cm³/mol. The maximum atomic E-state index is 10.5. The van der Waals surface area contributed by atoms with Crippen LogP contribution in [0.5, 0.6) is 0 Å². The molecule has 0 aromatic carbocycles. The Hall–Kier alpha value is -0.900. The zero-order valence-corrected chi connectivity index (χ0v) is 8.17. The number of nitrogens with zero attached hydrogens (tertiary/aromatic N) is 1. The average molecular weight is 230 g/mol. The van der Waals surface area contributed by atoms with Gasteiger partial charge in [-0.15, -0.1) is 0 Å². The smallest absolute Gasteiger partial charge is 0.302 e. The SMILES string of the molecule is CC(=O)OCc1ccncc1Br. The van der Waals surface area contributed by atoms with Gasteiger partial charge in [-0.3, -0.25) is 9.78 Å². The van der Waals surface area contributed by atoms with Crippen molar-refractivity contribution in [2.24, 2.45) is 0 Å². The van der Waals surface area contributed by atoms with Crippen LogP contribution in [-0.2, 0) is 16.1 Å². The molecule has 1 rings (SSSR count). The van der Waals surface area contributed by atoms with Crippen molar-refractivity contribution in [2.75, 3.05) is 0 Å². The zero-order valence-electron chi connectivity index (χ0n) is 6.58. The molecule has 0 bridgehead atoms. The summed E-state index contributed by atoms with van der Waals surface area (Å²) < 4.78 is 5.67. The van der Waals surface area contributed by atoms with Crippen molar-refractivity contribution in [1.29, 1.82) is 0 Å². The number of halogens is 1. The van der Waals surface area contributed by atoms with Gasteiger partial charge in [0.05, 0.1) is 0 Å². The Morgan fingerprint density at radius 3 is 3.08 bits per heavy atom. The fourth-order valence-electron chi connectivity index (χ4n) is 0.700. The molecule has 0 unspecified atom stereocenters. The van der Waals surface area contributed by atoms with E-state index in [1.165, 1.54) is 6.92 Å². The van der Waals surface area contributed by atoms with Crippen LogP contribution in [0.25, 0.3) is 0 Å². The molecule has 0 radical (unpaired) electrons. The minimum atomic E-state index is -0.279. The molecule has 0 fully saturated rings. The van der Waals surface area contributed by atoms with Crippen molar-refractivity contribution >= 4 is 21.9 Å². The average Bonchev–Trinajstić information content (AvgIpc) is 2.03. The lowest BCUT2D eigenvalue weighted by Crippen LogP contribution is -1.99. The van der Waals surface area contributed by atoms with E-state index in [4.69, 9.17) is 4.74 Å². The molecule has 1 aromatic rings. The molecule has 0 atom stereocenters. The Kier molecular flexibility index (Phi) is 3.22. The van der Waals surface area contributed by atoms with Crippen LogP contribution in [-0.4, -0.2) is 11.0 Å². The van der Waals surface area contributed by atoms with Gasteiger partial charge in [-0.2, -0.15) is 0 Å². The first kappa shape index (κ1) is 9.19. The van der Waals surface area contributed by atoms with E-state index in [1.54, 1.807) is 18.5 Å². The minimum absolute atomic E-state index is 0.279. The highest BCUT2D eigenvalue weighted by atomic mass is 79.9. The van der Waals surface area contributed by atoms with E-state index in [2.05, 4.69) is 20.9 Å². The lowest BCUT2D eigenvalue weighted by molar-refractivity contribution is -0.142. The largest absolute Gasteiger partial charge is 0.461 e. The summed E-state index contributed by atoms with van der Waals surface area (Å²) in [5.74, 6) is -0.279. The molecular formula is C8H8BrNO2. The molecule has 12 heavy (non-hydrogen) atoms. The standard InChI is InChI=1S/C8H8BrNO2/c1-6(11)12-5-7-2-3-10-4-8(7)9/h2-4H,5H2,1H3. The first-order valence-electron chi connectivity index (χ1n) is 3.42. The number of ether oxygens (including phenoxy) is 1. The van der Waals surface area contributed by atoms with Crippen molar-refractivity contribution in [1.82, 2.24) is 4.98 Å².